The van der Waals surface area contributed by atoms with Crippen LogP contribution in [0.4, 0.5) is 0 Å². The first-order valence-corrected chi connectivity index (χ1v) is 6.00. The zero-order valence-electron chi connectivity index (χ0n) is 11.3. The van der Waals surface area contributed by atoms with Gasteiger partial charge < -0.3 is 15.5 Å². The molecule has 0 bridgehead atoms. The number of hydrogen-bond acceptors (Lipinski definition) is 4. The summed E-state index contributed by atoms with van der Waals surface area (Å²) in [5.74, 6) is -1.51. The van der Waals surface area contributed by atoms with Crippen molar-refractivity contribution >= 4 is 11.9 Å². The number of carboxylic acid groups (broad SMARTS) is 1. The van der Waals surface area contributed by atoms with E-state index in [1.54, 1.807) is 13.1 Å². The maximum absolute atomic E-state index is 11.9. The summed E-state index contributed by atoms with van der Waals surface area (Å²) in [7, 11) is 1.66. The molecule has 1 rings (SSSR count). The molecule has 1 heterocycles. The van der Waals surface area contributed by atoms with Gasteiger partial charge in [0, 0.05) is 13.6 Å². The Morgan fingerprint density at radius 3 is 2.63 bits per heavy atom. The number of amides is 1. The molecule has 0 aliphatic heterocycles. The third kappa shape index (κ3) is 4.36. The SMILES string of the molecule is CCc1cc(C(=O)NCC(C)(O)CC(=O)O)n(C)n1. The Kier molecular flexibility index (Phi) is 4.66. The Hall–Kier alpha value is -1.89. The number of aliphatic carboxylic acids is 1. The van der Waals surface area contributed by atoms with Crippen LogP contribution in [-0.4, -0.2) is 44.0 Å². The third-order valence-corrected chi connectivity index (χ3v) is 2.69. The minimum absolute atomic E-state index is 0.134. The van der Waals surface area contributed by atoms with E-state index in [0.29, 0.717) is 5.69 Å². The minimum Gasteiger partial charge on any atom is -0.481 e. The molecule has 106 valence electrons. The molecule has 1 atom stereocenters. The normalized spacial score (nSPS) is 13.9. The molecular formula is C12H19N3O4. The number of hydrogen-bond donors (Lipinski definition) is 3. The maximum Gasteiger partial charge on any atom is 0.306 e. The molecular weight excluding hydrogens is 250 g/mol. The molecule has 3 N–H and O–H groups in total. The second-order valence-electron chi connectivity index (χ2n) is 4.75. The van der Waals surface area contributed by atoms with Gasteiger partial charge in [0.25, 0.3) is 5.91 Å². The number of aryl methyl sites for hydroxylation is 2. The van der Waals surface area contributed by atoms with Gasteiger partial charge in [0.05, 0.1) is 17.7 Å². The Balaban J connectivity index is 2.64. The zero-order valence-corrected chi connectivity index (χ0v) is 11.3. The van der Waals surface area contributed by atoms with E-state index in [-0.39, 0.29) is 12.5 Å². The standard InChI is InChI=1S/C12H19N3O4/c1-4-8-5-9(15(3)14-8)11(18)13-7-12(2,19)6-10(16)17/h5,19H,4,6-7H2,1-3H3,(H,13,18)(H,16,17). The molecule has 19 heavy (non-hydrogen) atoms. The molecule has 0 spiro atoms. The highest BCUT2D eigenvalue weighted by Gasteiger charge is 2.25. The summed E-state index contributed by atoms with van der Waals surface area (Å²) >= 11 is 0. The van der Waals surface area contributed by atoms with Gasteiger partial charge in [-0.05, 0) is 19.4 Å². The zero-order chi connectivity index (χ0) is 14.6. The Morgan fingerprint density at radius 2 is 2.16 bits per heavy atom. The lowest BCUT2D eigenvalue weighted by Gasteiger charge is -2.21. The lowest BCUT2D eigenvalue weighted by molar-refractivity contribution is -0.141. The summed E-state index contributed by atoms with van der Waals surface area (Å²) < 4.78 is 1.46. The number of carboxylic acids is 1. The van der Waals surface area contributed by atoms with Gasteiger partial charge in [0.1, 0.15) is 5.69 Å². The van der Waals surface area contributed by atoms with Gasteiger partial charge in [-0.1, -0.05) is 6.92 Å². The van der Waals surface area contributed by atoms with Crippen molar-refractivity contribution < 1.29 is 19.8 Å². The molecule has 0 aliphatic rings. The van der Waals surface area contributed by atoms with Crippen LogP contribution in [0.5, 0.6) is 0 Å². The predicted molar refractivity (Wildman–Crippen MR) is 67.8 cm³/mol. The molecule has 7 heteroatoms. The highest BCUT2D eigenvalue weighted by atomic mass is 16.4. The van der Waals surface area contributed by atoms with Gasteiger partial charge >= 0.3 is 5.97 Å². The van der Waals surface area contributed by atoms with Crippen LogP contribution in [0.1, 0.15) is 36.5 Å². The van der Waals surface area contributed by atoms with E-state index in [1.807, 2.05) is 6.92 Å². The molecule has 0 saturated carbocycles. The molecule has 1 aromatic heterocycles. The first kappa shape index (κ1) is 15.2. The Morgan fingerprint density at radius 1 is 1.53 bits per heavy atom. The monoisotopic (exact) mass is 269 g/mol. The largest absolute Gasteiger partial charge is 0.481 e. The van der Waals surface area contributed by atoms with Gasteiger partial charge in [-0.15, -0.1) is 0 Å². The molecule has 0 aromatic carbocycles. The van der Waals surface area contributed by atoms with Crippen molar-refractivity contribution in [2.75, 3.05) is 6.54 Å². The summed E-state index contributed by atoms with van der Waals surface area (Å²) in [4.78, 5) is 22.4. The van der Waals surface area contributed by atoms with Crippen LogP contribution in [0.2, 0.25) is 0 Å². The Bertz CT molecular complexity index is 479. The molecule has 1 aromatic rings. The second kappa shape index (κ2) is 5.83. The van der Waals surface area contributed by atoms with Crippen molar-refractivity contribution in [3.8, 4) is 0 Å². The number of carbonyl (C=O) groups is 2. The maximum atomic E-state index is 11.9. The average Bonchev–Trinajstić information content (AvgIpc) is 2.66. The molecule has 0 aliphatic carbocycles. The highest BCUT2D eigenvalue weighted by molar-refractivity contribution is 5.92. The Labute approximate surface area is 111 Å². The van der Waals surface area contributed by atoms with E-state index < -0.39 is 18.0 Å². The molecule has 1 amide bonds. The van der Waals surface area contributed by atoms with Gasteiger partial charge in [-0.2, -0.15) is 5.10 Å². The van der Waals surface area contributed by atoms with E-state index in [4.69, 9.17) is 5.11 Å². The molecule has 0 radical (unpaired) electrons. The number of carbonyl (C=O) groups excluding carboxylic acids is 1. The van der Waals surface area contributed by atoms with Crippen LogP contribution in [0, 0.1) is 0 Å². The van der Waals surface area contributed by atoms with E-state index >= 15 is 0 Å². The molecule has 7 nitrogen and oxygen atoms in total. The summed E-state index contributed by atoms with van der Waals surface area (Å²) in [6, 6.07) is 1.67. The van der Waals surface area contributed by atoms with Crippen molar-refractivity contribution in [3.05, 3.63) is 17.5 Å². The van der Waals surface area contributed by atoms with Crippen LogP contribution in [0.25, 0.3) is 0 Å². The fourth-order valence-electron chi connectivity index (χ4n) is 1.66. The van der Waals surface area contributed by atoms with Crippen molar-refractivity contribution in [2.24, 2.45) is 7.05 Å². The smallest absolute Gasteiger partial charge is 0.306 e. The van der Waals surface area contributed by atoms with Crippen LogP contribution in [0.3, 0.4) is 0 Å². The summed E-state index contributed by atoms with van der Waals surface area (Å²) in [5.41, 5.74) is -0.304. The van der Waals surface area contributed by atoms with Crippen LogP contribution in [0.15, 0.2) is 6.07 Å². The van der Waals surface area contributed by atoms with Crippen LogP contribution >= 0.6 is 0 Å². The topological polar surface area (TPSA) is 104 Å². The van der Waals surface area contributed by atoms with Crippen LogP contribution < -0.4 is 5.32 Å². The first-order chi connectivity index (χ1) is 8.75. The van der Waals surface area contributed by atoms with E-state index in [9.17, 15) is 14.7 Å². The van der Waals surface area contributed by atoms with Crippen molar-refractivity contribution in [1.82, 2.24) is 15.1 Å². The fourth-order valence-corrected chi connectivity index (χ4v) is 1.66. The van der Waals surface area contributed by atoms with Crippen molar-refractivity contribution in [3.63, 3.8) is 0 Å². The van der Waals surface area contributed by atoms with Crippen molar-refractivity contribution in [2.45, 2.75) is 32.3 Å². The molecule has 1 unspecified atom stereocenters. The second-order valence-corrected chi connectivity index (χ2v) is 4.75. The molecule has 0 fully saturated rings. The van der Waals surface area contributed by atoms with Gasteiger partial charge in [0.15, 0.2) is 0 Å². The van der Waals surface area contributed by atoms with Crippen molar-refractivity contribution in [1.29, 1.82) is 0 Å². The van der Waals surface area contributed by atoms with Gasteiger partial charge in [-0.3, -0.25) is 14.3 Å². The quantitative estimate of drug-likeness (QED) is 0.671. The first-order valence-electron chi connectivity index (χ1n) is 6.00. The third-order valence-electron chi connectivity index (χ3n) is 2.69. The predicted octanol–water partition coefficient (Wildman–Crippen LogP) is -0.0620. The van der Waals surface area contributed by atoms with Crippen LogP contribution in [-0.2, 0) is 18.3 Å². The van der Waals surface area contributed by atoms with Gasteiger partial charge in [0.2, 0.25) is 0 Å². The highest BCUT2D eigenvalue weighted by Crippen LogP contribution is 2.09. The number of nitrogens with zero attached hydrogens (tertiary/aromatic N) is 2. The fraction of sp³-hybridized carbons (Fsp3) is 0.583. The molecule has 0 saturated heterocycles. The summed E-state index contributed by atoms with van der Waals surface area (Å²) in [6.07, 6.45) is 0.288. The lowest BCUT2D eigenvalue weighted by Crippen LogP contribution is -2.42. The van der Waals surface area contributed by atoms with E-state index in [1.165, 1.54) is 11.6 Å². The number of nitrogens with one attached hydrogen (secondary N) is 1. The van der Waals surface area contributed by atoms with Gasteiger partial charge in [-0.25, -0.2) is 0 Å². The minimum atomic E-state index is -1.48. The number of aliphatic hydroxyl groups is 1. The number of aromatic nitrogens is 2. The summed E-state index contributed by atoms with van der Waals surface area (Å²) in [5, 5.41) is 25.1. The van der Waals surface area contributed by atoms with E-state index in [2.05, 4.69) is 10.4 Å². The van der Waals surface area contributed by atoms with E-state index in [0.717, 1.165) is 12.1 Å². The average molecular weight is 269 g/mol. The number of rotatable bonds is 6. The lowest BCUT2D eigenvalue weighted by atomic mass is 10.0. The summed E-state index contributed by atoms with van der Waals surface area (Å²) in [6.45, 7) is 3.16.